The average Bonchev–Trinajstić information content (AvgIpc) is 3.08. The standard InChI is InChI=1S/C26H22N4O3/c1-26(2)23(18-12-15-27-16-13-18)30(25(32)33-26)20-10-8-19(9-11-20)24(31)29-21-7-3-5-17-6-4-14-28-22(17)21/h3-16,23H,1-2H3,(H,29,31). The highest BCUT2D eigenvalue weighted by atomic mass is 16.6. The molecule has 0 spiro atoms. The predicted octanol–water partition coefficient (Wildman–Crippen LogP) is 5.36. The molecule has 2 aromatic carbocycles. The lowest BCUT2D eigenvalue weighted by atomic mass is 9.92. The zero-order valence-electron chi connectivity index (χ0n) is 18.2. The molecule has 0 radical (unpaired) electrons. The van der Waals surface area contributed by atoms with E-state index < -0.39 is 11.7 Å². The van der Waals surface area contributed by atoms with Gasteiger partial charge in [0.25, 0.3) is 5.91 Å². The third-order valence-corrected chi connectivity index (χ3v) is 5.77. The first-order valence-electron chi connectivity index (χ1n) is 10.6. The minimum Gasteiger partial charge on any atom is -0.441 e. The first kappa shape index (κ1) is 20.6. The Morgan fingerprint density at radius 3 is 2.45 bits per heavy atom. The molecule has 1 fully saturated rings. The summed E-state index contributed by atoms with van der Waals surface area (Å²) in [6.07, 6.45) is 4.66. The molecule has 0 bridgehead atoms. The maximum Gasteiger partial charge on any atom is 0.415 e. The van der Waals surface area contributed by atoms with Crippen molar-refractivity contribution in [2.45, 2.75) is 25.5 Å². The molecule has 2 amide bonds. The lowest BCUT2D eigenvalue weighted by Crippen LogP contribution is -2.33. The van der Waals surface area contributed by atoms with Crippen LogP contribution in [0.1, 0.15) is 35.8 Å². The molecule has 2 aromatic heterocycles. The summed E-state index contributed by atoms with van der Waals surface area (Å²) in [4.78, 5) is 35.7. The highest BCUT2D eigenvalue weighted by Gasteiger charge is 2.49. The number of hydrogen-bond acceptors (Lipinski definition) is 5. The zero-order chi connectivity index (χ0) is 23.0. The van der Waals surface area contributed by atoms with Gasteiger partial charge in [-0.1, -0.05) is 18.2 Å². The number of carbonyl (C=O) groups is 2. The fraction of sp³-hybridized carbons (Fsp3) is 0.154. The van der Waals surface area contributed by atoms with Gasteiger partial charge in [0.15, 0.2) is 0 Å². The zero-order valence-corrected chi connectivity index (χ0v) is 18.2. The maximum atomic E-state index is 12.9. The van der Waals surface area contributed by atoms with Crippen LogP contribution in [0.25, 0.3) is 10.9 Å². The van der Waals surface area contributed by atoms with Gasteiger partial charge in [-0.05, 0) is 67.9 Å². The van der Waals surface area contributed by atoms with Crippen LogP contribution in [0.4, 0.5) is 16.2 Å². The van der Waals surface area contributed by atoms with Gasteiger partial charge in [-0.2, -0.15) is 0 Å². The fourth-order valence-electron chi connectivity index (χ4n) is 4.27. The number of carbonyl (C=O) groups excluding carboxylic acids is 2. The van der Waals surface area contributed by atoms with Crippen LogP contribution in [0.5, 0.6) is 0 Å². The monoisotopic (exact) mass is 438 g/mol. The van der Waals surface area contributed by atoms with Crippen molar-refractivity contribution in [3.05, 3.63) is 96.4 Å². The van der Waals surface area contributed by atoms with E-state index in [9.17, 15) is 9.59 Å². The number of hydrogen-bond donors (Lipinski definition) is 1. The second-order valence-electron chi connectivity index (χ2n) is 8.41. The van der Waals surface area contributed by atoms with Crippen molar-refractivity contribution in [2.75, 3.05) is 10.2 Å². The Bertz CT molecular complexity index is 1330. The highest BCUT2D eigenvalue weighted by Crippen LogP contribution is 2.43. The molecule has 1 saturated heterocycles. The lowest BCUT2D eigenvalue weighted by Gasteiger charge is -2.29. The SMILES string of the molecule is CC1(C)OC(=O)N(c2ccc(C(=O)Nc3cccc4cccnc34)cc2)C1c1ccncc1. The number of nitrogens with zero attached hydrogens (tertiary/aromatic N) is 3. The molecule has 0 aliphatic carbocycles. The molecular formula is C26H22N4O3. The summed E-state index contributed by atoms with van der Waals surface area (Å²) in [6.45, 7) is 3.77. The average molecular weight is 438 g/mol. The summed E-state index contributed by atoms with van der Waals surface area (Å²) < 4.78 is 5.66. The van der Waals surface area contributed by atoms with Crippen molar-refractivity contribution >= 4 is 34.3 Å². The van der Waals surface area contributed by atoms with Crippen LogP contribution in [-0.4, -0.2) is 27.6 Å². The number of cyclic esters (lactones) is 1. The Kier molecular flexibility index (Phi) is 5.01. The maximum absolute atomic E-state index is 12.9. The van der Waals surface area contributed by atoms with Crippen molar-refractivity contribution in [2.24, 2.45) is 0 Å². The number of fused-ring (bicyclic) bond motifs is 1. The number of amides is 2. The topological polar surface area (TPSA) is 84.4 Å². The minimum atomic E-state index is -0.726. The van der Waals surface area contributed by atoms with Crippen LogP contribution >= 0.6 is 0 Å². The van der Waals surface area contributed by atoms with E-state index in [1.807, 2.05) is 56.3 Å². The molecule has 1 atom stereocenters. The molecule has 1 unspecified atom stereocenters. The summed E-state index contributed by atoms with van der Waals surface area (Å²) in [7, 11) is 0. The number of rotatable bonds is 4. The van der Waals surface area contributed by atoms with E-state index in [1.54, 1.807) is 47.8 Å². The van der Waals surface area contributed by atoms with Crippen molar-refractivity contribution in [3.8, 4) is 0 Å². The van der Waals surface area contributed by atoms with E-state index >= 15 is 0 Å². The quantitative estimate of drug-likeness (QED) is 0.464. The Morgan fingerprint density at radius 1 is 0.970 bits per heavy atom. The van der Waals surface area contributed by atoms with Crippen molar-refractivity contribution in [1.82, 2.24) is 9.97 Å². The Labute approximate surface area is 191 Å². The molecule has 33 heavy (non-hydrogen) atoms. The summed E-state index contributed by atoms with van der Waals surface area (Å²) in [5.74, 6) is -0.255. The van der Waals surface area contributed by atoms with Crippen molar-refractivity contribution in [1.29, 1.82) is 0 Å². The van der Waals surface area contributed by atoms with E-state index in [4.69, 9.17) is 4.74 Å². The van der Waals surface area contributed by atoms with Gasteiger partial charge in [0.2, 0.25) is 0 Å². The fourth-order valence-corrected chi connectivity index (χ4v) is 4.27. The number of benzene rings is 2. The van der Waals surface area contributed by atoms with Gasteiger partial charge in [-0.25, -0.2) is 4.79 Å². The minimum absolute atomic E-state index is 0.255. The number of aromatic nitrogens is 2. The van der Waals surface area contributed by atoms with Gasteiger partial charge in [0.05, 0.1) is 11.2 Å². The summed E-state index contributed by atoms with van der Waals surface area (Å²) in [6, 6.07) is 19.8. The third kappa shape index (κ3) is 3.78. The molecule has 7 nitrogen and oxygen atoms in total. The molecule has 4 aromatic rings. The number of ether oxygens (including phenoxy) is 1. The molecule has 3 heterocycles. The van der Waals surface area contributed by atoms with Crippen molar-refractivity contribution < 1.29 is 14.3 Å². The normalized spacial score (nSPS) is 17.1. The summed E-state index contributed by atoms with van der Waals surface area (Å²) in [5.41, 5.74) is 2.69. The Hall–Kier alpha value is -4.26. The second kappa shape index (κ2) is 8.02. The van der Waals surface area contributed by atoms with Gasteiger partial charge in [-0.15, -0.1) is 0 Å². The first-order chi connectivity index (χ1) is 15.9. The number of pyridine rings is 2. The van der Waals surface area contributed by atoms with E-state index in [2.05, 4.69) is 15.3 Å². The third-order valence-electron chi connectivity index (χ3n) is 5.77. The molecular weight excluding hydrogens is 416 g/mol. The van der Waals surface area contributed by atoms with Crippen LogP contribution in [0.15, 0.2) is 85.3 Å². The predicted molar refractivity (Wildman–Crippen MR) is 126 cm³/mol. The van der Waals surface area contributed by atoms with E-state index in [1.165, 1.54) is 0 Å². The van der Waals surface area contributed by atoms with Gasteiger partial charge >= 0.3 is 6.09 Å². The first-order valence-corrected chi connectivity index (χ1v) is 10.6. The summed E-state index contributed by atoms with van der Waals surface area (Å²) in [5, 5.41) is 3.88. The number of para-hydroxylation sites is 1. The van der Waals surface area contributed by atoms with Gasteiger partial charge in [0, 0.05) is 35.2 Å². The van der Waals surface area contributed by atoms with E-state index in [-0.39, 0.29) is 11.9 Å². The molecule has 1 aliphatic heterocycles. The molecule has 7 heteroatoms. The molecule has 1 aliphatic rings. The van der Waals surface area contributed by atoms with E-state index in [0.717, 1.165) is 16.5 Å². The van der Waals surface area contributed by atoms with Crippen LogP contribution in [0.2, 0.25) is 0 Å². The summed E-state index contributed by atoms with van der Waals surface area (Å²) >= 11 is 0. The molecule has 0 saturated carbocycles. The molecule has 1 N–H and O–H groups in total. The van der Waals surface area contributed by atoms with Crippen LogP contribution in [0.3, 0.4) is 0 Å². The van der Waals surface area contributed by atoms with Gasteiger partial charge in [0.1, 0.15) is 11.6 Å². The van der Waals surface area contributed by atoms with Gasteiger partial charge in [-0.3, -0.25) is 19.7 Å². The van der Waals surface area contributed by atoms with Crippen molar-refractivity contribution in [3.63, 3.8) is 0 Å². The molecule has 164 valence electrons. The van der Waals surface area contributed by atoms with Crippen LogP contribution in [0, 0.1) is 0 Å². The number of nitrogens with one attached hydrogen (secondary N) is 1. The van der Waals surface area contributed by atoms with Gasteiger partial charge < -0.3 is 10.1 Å². The second-order valence-corrected chi connectivity index (χ2v) is 8.41. The number of anilines is 2. The highest BCUT2D eigenvalue weighted by molar-refractivity contribution is 6.08. The Morgan fingerprint density at radius 2 is 1.70 bits per heavy atom. The lowest BCUT2D eigenvalue weighted by molar-refractivity contribution is 0.0685. The van der Waals surface area contributed by atoms with Crippen LogP contribution in [-0.2, 0) is 4.74 Å². The largest absolute Gasteiger partial charge is 0.441 e. The smallest absolute Gasteiger partial charge is 0.415 e. The van der Waals surface area contributed by atoms with E-state index in [0.29, 0.717) is 16.9 Å². The van der Waals surface area contributed by atoms with Crippen LogP contribution < -0.4 is 10.2 Å². The molecule has 5 rings (SSSR count). The Balaban J connectivity index is 1.42.